The topological polar surface area (TPSA) is 155 Å². The van der Waals surface area contributed by atoms with Gasteiger partial charge in [0.05, 0.1) is 19.8 Å². The van der Waals surface area contributed by atoms with Crippen molar-refractivity contribution >= 4 is 25.7 Å². The highest BCUT2D eigenvalue weighted by molar-refractivity contribution is 7.47. The predicted octanol–water partition coefficient (Wildman–Crippen LogP) is 17.3. The number of allylic oxidation sites excluding steroid dienone is 16. The molecule has 12 heteroatoms. The highest BCUT2D eigenvalue weighted by Crippen LogP contribution is 2.43. The van der Waals surface area contributed by atoms with Gasteiger partial charge < -0.3 is 24.2 Å². The summed E-state index contributed by atoms with van der Waals surface area (Å²) in [6, 6.07) is 0. The van der Waals surface area contributed by atoms with Gasteiger partial charge in [-0.1, -0.05) is 201 Å². The first-order chi connectivity index (χ1) is 36.2. The number of carbonyl (C=O) groups is 3. The first-order valence-electron chi connectivity index (χ1n) is 29.1. The molecule has 424 valence electrons. The Hall–Kier alpha value is -3.60. The van der Waals surface area contributed by atoms with Gasteiger partial charge in [0.25, 0.3) is 0 Å². The average Bonchev–Trinajstić information content (AvgIpc) is 3.39. The van der Waals surface area contributed by atoms with Crippen LogP contribution >= 0.6 is 7.82 Å². The van der Waals surface area contributed by atoms with Gasteiger partial charge >= 0.3 is 25.7 Å². The first-order valence-corrected chi connectivity index (χ1v) is 30.6. The molecule has 0 fully saturated rings. The monoisotopic (exact) mass is 1060 g/mol. The molecule has 0 saturated heterocycles. The van der Waals surface area contributed by atoms with Crippen molar-refractivity contribution in [2.24, 2.45) is 0 Å². The summed E-state index contributed by atoms with van der Waals surface area (Å²) in [6.45, 7) is 4.35. The molecule has 0 radical (unpaired) electrons. The molecule has 0 spiro atoms. The van der Waals surface area contributed by atoms with E-state index in [9.17, 15) is 28.9 Å². The summed E-state index contributed by atoms with van der Waals surface area (Å²) in [7, 11) is -4.76. The Balaban J connectivity index is 4.78. The van der Waals surface area contributed by atoms with Crippen LogP contribution in [0.3, 0.4) is 0 Å². The number of carbonyl (C=O) groups excluding carboxylic acids is 3. The third-order valence-corrected chi connectivity index (χ3v) is 12.9. The second kappa shape index (κ2) is 55.6. The van der Waals surface area contributed by atoms with Crippen molar-refractivity contribution in [3.8, 4) is 0 Å². The van der Waals surface area contributed by atoms with Gasteiger partial charge in [0.15, 0.2) is 6.10 Å². The Morgan fingerprint density at radius 1 is 0.392 bits per heavy atom. The molecule has 0 aliphatic rings. The molecule has 0 aliphatic heterocycles. The summed E-state index contributed by atoms with van der Waals surface area (Å²) in [6.07, 6.45) is 65.0. The van der Waals surface area contributed by atoms with Gasteiger partial charge in [0, 0.05) is 19.3 Å². The number of phosphoric acid groups is 1. The normalized spacial score (nSPS) is 14.1. The molecule has 0 aliphatic carbocycles. The van der Waals surface area contributed by atoms with E-state index in [4.69, 9.17) is 23.3 Å². The second-order valence-corrected chi connectivity index (χ2v) is 20.5. The van der Waals surface area contributed by atoms with Crippen LogP contribution in [-0.4, -0.2) is 66.5 Å². The molecule has 74 heavy (non-hydrogen) atoms. The van der Waals surface area contributed by atoms with E-state index in [1.54, 1.807) is 0 Å². The Bertz CT molecular complexity index is 1610. The molecule has 0 aromatic heterocycles. The summed E-state index contributed by atoms with van der Waals surface area (Å²) < 4.78 is 39.5. The van der Waals surface area contributed by atoms with Gasteiger partial charge in [0.1, 0.15) is 12.7 Å². The van der Waals surface area contributed by atoms with Crippen molar-refractivity contribution in [2.45, 2.75) is 251 Å². The number of unbranched alkanes of at least 4 members (excludes halogenated alkanes) is 20. The van der Waals surface area contributed by atoms with E-state index in [-0.39, 0.29) is 25.9 Å². The molecule has 0 rings (SSSR count). The van der Waals surface area contributed by atoms with Crippen molar-refractivity contribution in [3.63, 3.8) is 0 Å². The second-order valence-electron chi connectivity index (χ2n) is 19.0. The molecule has 0 amide bonds. The van der Waals surface area contributed by atoms with E-state index >= 15 is 0 Å². The quantitative estimate of drug-likeness (QED) is 0.0197. The molecule has 0 bridgehead atoms. The van der Waals surface area contributed by atoms with Crippen molar-refractivity contribution < 1.29 is 52.2 Å². The van der Waals surface area contributed by atoms with E-state index < -0.39 is 57.8 Å². The summed E-state index contributed by atoms with van der Waals surface area (Å²) >= 11 is 0. The van der Waals surface area contributed by atoms with Crippen molar-refractivity contribution in [1.82, 2.24) is 0 Å². The predicted molar refractivity (Wildman–Crippen MR) is 307 cm³/mol. The van der Waals surface area contributed by atoms with E-state index in [1.165, 1.54) is 38.5 Å². The highest BCUT2D eigenvalue weighted by Gasteiger charge is 2.28. The molecule has 2 N–H and O–H groups in total. The molecule has 0 aromatic carbocycles. The van der Waals surface area contributed by atoms with Crippen LogP contribution in [0.25, 0.3) is 0 Å². The van der Waals surface area contributed by atoms with Crippen LogP contribution in [0.4, 0.5) is 0 Å². The summed E-state index contributed by atoms with van der Waals surface area (Å²) in [5.41, 5.74) is 0. The Morgan fingerprint density at radius 3 is 1.08 bits per heavy atom. The molecule has 0 saturated carbocycles. The van der Waals surface area contributed by atoms with Crippen LogP contribution in [0, 0.1) is 0 Å². The molecular weight excluding hydrogens is 952 g/mol. The summed E-state index contributed by atoms with van der Waals surface area (Å²) in [4.78, 5) is 48.6. The number of hydrogen-bond acceptors (Lipinski definition) is 10. The zero-order chi connectivity index (χ0) is 54.1. The summed E-state index contributed by atoms with van der Waals surface area (Å²) in [5, 5.41) is 9.82. The van der Waals surface area contributed by atoms with E-state index in [1.807, 2.05) is 0 Å². The lowest BCUT2D eigenvalue weighted by molar-refractivity contribution is -0.161. The van der Waals surface area contributed by atoms with Crippen LogP contribution in [0.2, 0.25) is 0 Å². The van der Waals surface area contributed by atoms with Gasteiger partial charge in [-0.15, -0.1) is 0 Å². The summed E-state index contributed by atoms with van der Waals surface area (Å²) in [5.74, 6) is -1.51. The van der Waals surface area contributed by atoms with Crippen molar-refractivity contribution in [2.75, 3.05) is 26.4 Å². The third kappa shape index (κ3) is 53.2. The fourth-order valence-electron chi connectivity index (χ4n) is 7.59. The van der Waals surface area contributed by atoms with Gasteiger partial charge in [-0.25, -0.2) is 4.57 Å². The zero-order valence-corrected chi connectivity index (χ0v) is 47.7. The number of aliphatic hydroxyl groups excluding tert-OH is 1. The number of ether oxygens (including phenoxy) is 3. The minimum atomic E-state index is -4.76. The maximum atomic E-state index is 12.9. The van der Waals surface area contributed by atoms with Gasteiger partial charge in [0.2, 0.25) is 0 Å². The first kappa shape index (κ1) is 70.4. The average molecular weight is 1060 g/mol. The largest absolute Gasteiger partial charge is 0.472 e. The minimum Gasteiger partial charge on any atom is -0.462 e. The fourth-order valence-corrected chi connectivity index (χ4v) is 8.37. The van der Waals surface area contributed by atoms with E-state index in [0.717, 1.165) is 141 Å². The van der Waals surface area contributed by atoms with Crippen LogP contribution in [0.5, 0.6) is 0 Å². The van der Waals surface area contributed by atoms with Crippen LogP contribution in [-0.2, 0) is 42.2 Å². The number of rotatable bonds is 53. The lowest BCUT2D eigenvalue weighted by Crippen LogP contribution is -2.30. The Morgan fingerprint density at radius 2 is 0.703 bits per heavy atom. The van der Waals surface area contributed by atoms with Crippen molar-refractivity contribution in [3.05, 3.63) is 97.2 Å². The molecule has 3 unspecified atom stereocenters. The standard InChI is InChI=1S/C62H105O11P/c1-4-7-10-13-16-19-22-25-28-29-32-35-38-41-44-47-50-53-62(66)73-59(55-69-60(64)51-48-45-42-39-36-33-30-26-23-20-17-14-11-8-5-2)57-71-74(67,68)70-56-58(54-63)72-61(65)52-49-46-43-40-37-34-31-27-24-21-18-15-12-9-6-3/h8-9,11-12,16-21,25-28,30-31,58-59,63H,4-7,10,13-15,22-24,29,32-57H2,1-3H3,(H,67,68)/b11-8-,12-9-,19-16-,20-17-,21-18-,28-25-,30-26-,31-27-. The smallest absolute Gasteiger partial charge is 0.462 e. The van der Waals surface area contributed by atoms with Gasteiger partial charge in [-0.3, -0.25) is 23.4 Å². The minimum absolute atomic E-state index is 0.149. The molecule has 11 nitrogen and oxygen atoms in total. The number of esters is 3. The van der Waals surface area contributed by atoms with Crippen LogP contribution in [0.15, 0.2) is 97.2 Å². The maximum absolute atomic E-state index is 12.9. The fraction of sp³-hybridized carbons (Fsp3) is 0.694. The number of aliphatic hydroxyl groups is 1. The van der Waals surface area contributed by atoms with Crippen molar-refractivity contribution in [1.29, 1.82) is 0 Å². The van der Waals surface area contributed by atoms with E-state index in [0.29, 0.717) is 19.3 Å². The van der Waals surface area contributed by atoms with Gasteiger partial charge in [-0.2, -0.15) is 0 Å². The highest BCUT2D eigenvalue weighted by atomic mass is 31.2. The SMILES string of the molecule is CC/C=C\C/C=C\C/C=C\CCCCCCCC(=O)OCC(COP(=O)(O)OCC(CO)OC(=O)CCCCCCC/C=C\C/C=C\C/C=C\CC)OC(=O)CCCCCCCCC/C=C\C/C=C\CCCCC. The van der Waals surface area contributed by atoms with E-state index in [2.05, 4.69) is 118 Å². The van der Waals surface area contributed by atoms with Crippen LogP contribution in [0.1, 0.15) is 239 Å². The maximum Gasteiger partial charge on any atom is 0.472 e. The third-order valence-electron chi connectivity index (χ3n) is 12.0. The van der Waals surface area contributed by atoms with Crippen LogP contribution < -0.4 is 0 Å². The Labute approximate surface area is 451 Å². The zero-order valence-electron chi connectivity index (χ0n) is 46.8. The molecular formula is C62H105O11P. The lowest BCUT2D eigenvalue weighted by atomic mass is 10.1. The number of hydrogen-bond donors (Lipinski definition) is 2. The molecule has 0 heterocycles. The number of phosphoric ester groups is 1. The lowest BCUT2D eigenvalue weighted by Gasteiger charge is -2.21. The Kier molecular flexibility index (Phi) is 52.9. The molecule has 3 atom stereocenters. The van der Waals surface area contributed by atoms with Gasteiger partial charge in [-0.05, 0) is 116 Å². The molecule has 0 aromatic rings.